The highest BCUT2D eigenvalue weighted by Gasteiger charge is 2.20. The highest BCUT2D eigenvalue weighted by atomic mass is 16.5. The molecule has 0 spiro atoms. The highest BCUT2D eigenvalue weighted by molar-refractivity contribution is 5.95. The van der Waals surface area contributed by atoms with Crippen molar-refractivity contribution in [2.24, 2.45) is 0 Å². The third kappa shape index (κ3) is 5.02. The summed E-state index contributed by atoms with van der Waals surface area (Å²) in [5, 5.41) is 3.10. The maximum atomic E-state index is 12.2. The zero-order chi connectivity index (χ0) is 15.1. The number of piperidine rings is 1. The molecule has 1 saturated heterocycles. The SMILES string of the molecule is COCCCN1CCC(NC(=O)c2cccc(N)c2)CC1. The number of nitrogens with two attached hydrogens (primary N) is 1. The smallest absolute Gasteiger partial charge is 0.251 e. The summed E-state index contributed by atoms with van der Waals surface area (Å²) in [5.74, 6) is -0.0277. The molecule has 116 valence electrons. The van der Waals surface area contributed by atoms with E-state index in [9.17, 15) is 4.79 Å². The van der Waals surface area contributed by atoms with Gasteiger partial charge in [0.15, 0.2) is 0 Å². The average molecular weight is 291 g/mol. The fraction of sp³-hybridized carbons (Fsp3) is 0.562. The van der Waals surface area contributed by atoms with Crippen LogP contribution in [0.3, 0.4) is 0 Å². The number of ether oxygens (including phenoxy) is 1. The van der Waals surface area contributed by atoms with E-state index < -0.39 is 0 Å². The van der Waals surface area contributed by atoms with Gasteiger partial charge in [-0.05, 0) is 37.5 Å². The number of likely N-dealkylation sites (tertiary alicyclic amines) is 1. The number of carbonyl (C=O) groups is 1. The molecule has 2 rings (SSSR count). The molecule has 3 N–H and O–H groups in total. The van der Waals surface area contributed by atoms with Crippen molar-refractivity contribution in [1.82, 2.24) is 10.2 Å². The first kappa shape index (κ1) is 15.8. The minimum absolute atomic E-state index is 0.0277. The summed E-state index contributed by atoms with van der Waals surface area (Å²) in [6.07, 6.45) is 3.07. The van der Waals surface area contributed by atoms with E-state index in [4.69, 9.17) is 10.5 Å². The molecule has 1 aliphatic heterocycles. The van der Waals surface area contributed by atoms with Gasteiger partial charge in [-0.1, -0.05) is 6.07 Å². The molecule has 0 saturated carbocycles. The lowest BCUT2D eigenvalue weighted by atomic mass is 10.0. The number of nitrogens with zero attached hydrogens (tertiary/aromatic N) is 1. The normalized spacial score (nSPS) is 16.8. The molecular weight excluding hydrogens is 266 g/mol. The summed E-state index contributed by atoms with van der Waals surface area (Å²) >= 11 is 0. The monoisotopic (exact) mass is 291 g/mol. The first-order chi connectivity index (χ1) is 10.2. The van der Waals surface area contributed by atoms with Gasteiger partial charge < -0.3 is 20.7 Å². The van der Waals surface area contributed by atoms with Crippen LogP contribution in [0, 0.1) is 0 Å². The Morgan fingerprint density at radius 2 is 2.19 bits per heavy atom. The van der Waals surface area contributed by atoms with Crippen LogP contribution in [0.25, 0.3) is 0 Å². The average Bonchev–Trinajstić information content (AvgIpc) is 2.49. The van der Waals surface area contributed by atoms with Gasteiger partial charge in [0.25, 0.3) is 5.91 Å². The van der Waals surface area contributed by atoms with Crippen LogP contribution in [-0.4, -0.2) is 50.2 Å². The lowest BCUT2D eigenvalue weighted by Gasteiger charge is -2.32. The van der Waals surface area contributed by atoms with Crippen molar-refractivity contribution < 1.29 is 9.53 Å². The Bertz CT molecular complexity index is 457. The Morgan fingerprint density at radius 3 is 2.86 bits per heavy atom. The number of rotatable bonds is 6. The van der Waals surface area contributed by atoms with Crippen molar-refractivity contribution in [3.8, 4) is 0 Å². The topological polar surface area (TPSA) is 67.6 Å². The second-order valence-electron chi connectivity index (χ2n) is 5.56. The Labute approximate surface area is 126 Å². The van der Waals surface area contributed by atoms with Gasteiger partial charge in [0.05, 0.1) is 0 Å². The second-order valence-corrected chi connectivity index (χ2v) is 5.56. The van der Waals surface area contributed by atoms with Crippen LogP contribution in [-0.2, 0) is 4.74 Å². The van der Waals surface area contributed by atoms with Gasteiger partial charge in [-0.3, -0.25) is 4.79 Å². The van der Waals surface area contributed by atoms with Crippen LogP contribution in [0.4, 0.5) is 5.69 Å². The van der Waals surface area contributed by atoms with E-state index >= 15 is 0 Å². The van der Waals surface area contributed by atoms with Crippen LogP contribution >= 0.6 is 0 Å². The van der Waals surface area contributed by atoms with E-state index in [2.05, 4.69) is 10.2 Å². The molecule has 1 heterocycles. The van der Waals surface area contributed by atoms with Crippen molar-refractivity contribution in [3.05, 3.63) is 29.8 Å². The molecule has 1 fully saturated rings. The molecule has 0 atom stereocenters. The lowest BCUT2D eigenvalue weighted by Crippen LogP contribution is -2.45. The summed E-state index contributed by atoms with van der Waals surface area (Å²) < 4.78 is 5.07. The number of nitrogen functional groups attached to an aromatic ring is 1. The third-order valence-electron chi connectivity index (χ3n) is 3.89. The number of amides is 1. The molecule has 0 aliphatic carbocycles. The molecule has 1 aromatic rings. The number of benzene rings is 1. The molecule has 21 heavy (non-hydrogen) atoms. The number of nitrogens with one attached hydrogen (secondary N) is 1. The summed E-state index contributed by atoms with van der Waals surface area (Å²) in [5.41, 5.74) is 6.97. The number of anilines is 1. The molecule has 1 amide bonds. The van der Waals surface area contributed by atoms with E-state index in [-0.39, 0.29) is 11.9 Å². The predicted molar refractivity (Wildman–Crippen MR) is 84.3 cm³/mol. The van der Waals surface area contributed by atoms with Gasteiger partial charge in [-0.15, -0.1) is 0 Å². The quantitative estimate of drug-likeness (QED) is 0.616. The standard InChI is InChI=1S/C16H25N3O2/c1-21-11-3-8-19-9-6-15(7-10-19)18-16(20)13-4-2-5-14(17)12-13/h2,4-5,12,15H,3,6-11,17H2,1H3,(H,18,20). The molecule has 5 nitrogen and oxygen atoms in total. The van der Waals surface area contributed by atoms with Crippen molar-refractivity contribution in [1.29, 1.82) is 0 Å². The summed E-state index contributed by atoms with van der Waals surface area (Å²) in [6, 6.07) is 7.37. The van der Waals surface area contributed by atoms with Gasteiger partial charge in [0.2, 0.25) is 0 Å². The Balaban J connectivity index is 1.74. The maximum absolute atomic E-state index is 12.2. The number of hydrogen-bond acceptors (Lipinski definition) is 4. The molecule has 1 aromatic carbocycles. The van der Waals surface area contributed by atoms with E-state index in [1.54, 1.807) is 25.3 Å². The van der Waals surface area contributed by atoms with Crippen molar-refractivity contribution in [2.75, 3.05) is 39.1 Å². The number of methoxy groups -OCH3 is 1. The lowest BCUT2D eigenvalue weighted by molar-refractivity contribution is 0.0907. The first-order valence-corrected chi connectivity index (χ1v) is 7.56. The third-order valence-corrected chi connectivity index (χ3v) is 3.89. The van der Waals surface area contributed by atoms with Gasteiger partial charge in [-0.25, -0.2) is 0 Å². The molecule has 0 bridgehead atoms. The zero-order valence-electron chi connectivity index (χ0n) is 12.7. The predicted octanol–water partition coefficient (Wildman–Crippen LogP) is 1.50. The highest BCUT2D eigenvalue weighted by Crippen LogP contribution is 2.12. The van der Waals surface area contributed by atoms with Crippen molar-refractivity contribution in [3.63, 3.8) is 0 Å². The van der Waals surface area contributed by atoms with Crippen LogP contribution in [0.5, 0.6) is 0 Å². The van der Waals surface area contributed by atoms with E-state index in [1.165, 1.54) is 0 Å². The Kier molecular flexibility index (Phi) is 6.02. The molecule has 0 unspecified atom stereocenters. The molecule has 1 aliphatic rings. The van der Waals surface area contributed by atoms with Crippen LogP contribution < -0.4 is 11.1 Å². The van der Waals surface area contributed by atoms with Gasteiger partial charge in [0, 0.05) is 50.6 Å². The molecule has 5 heteroatoms. The Morgan fingerprint density at radius 1 is 1.43 bits per heavy atom. The summed E-state index contributed by atoms with van der Waals surface area (Å²) in [4.78, 5) is 14.6. The van der Waals surface area contributed by atoms with E-state index in [0.717, 1.165) is 45.5 Å². The van der Waals surface area contributed by atoms with Crippen LogP contribution in [0.1, 0.15) is 29.6 Å². The van der Waals surface area contributed by atoms with Crippen LogP contribution in [0.15, 0.2) is 24.3 Å². The van der Waals surface area contributed by atoms with Crippen LogP contribution in [0.2, 0.25) is 0 Å². The van der Waals surface area contributed by atoms with E-state index in [1.807, 2.05) is 6.07 Å². The zero-order valence-corrected chi connectivity index (χ0v) is 12.7. The summed E-state index contributed by atoms with van der Waals surface area (Å²) in [7, 11) is 1.73. The van der Waals surface area contributed by atoms with Gasteiger partial charge in [-0.2, -0.15) is 0 Å². The number of hydrogen-bond donors (Lipinski definition) is 2. The largest absolute Gasteiger partial charge is 0.399 e. The molecular formula is C16H25N3O2. The van der Waals surface area contributed by atoms with E-state index in [0.29, 0.717) is 11.3 Å². The van der Waals surface area contributed by atoms with Gasteiger partial charge in [0.1, 0.15) is 0 Å². The number of carbonyl (C=O) groups excluding carboxylic acids is 1. The molecule has 0 radical (unpaired) electrons. The maximum Gasteiger partial charge on any atom is 0.251 e. The molecule has 0 aromatic heterocycles. The minimum atomic E-state index is -0.0277. The fourth-order valence-corrected chi connectivity index (χ4v) is 2.68. The van der Waals surface area contributed by atoms with Gasteiger partial charge >= 0.3 is 0 Å². The fourth-order valence-electron chi connectivity index (χ4n) is 2.68. The second kappa shape index (κ2) is 8.00. The summed E-state index contributed by atoms with van der Waals surface area (Å²) in [6.45, 7) is 3.95. The van der Waals surface area contributed by atoms with Crippen molar-refractivity contribution in [2.45, 2.75) is 25.3 Å². The Hall–Kier alpha value is -1.59. The van der Waals surface area contributed by atoms with Crippen molar-refractivity contribution >= 4 is 11.6 Å². The first-order valence-electron chi connectivity index (χ1n) is 7.56. The minimum Gasteiger partial charge on any atom is -0.399 e.